The summed E-state index contributed by atoms with van der Waals surface area (Å²) >= 11 is 0. The molecule has 0 saturated carbocycles. The maximum Gasteiger partial charge on any atom is 0.239 e. The number of nitrogens with zero attached hydrogens (tertiary/aromatic N) is 1. The number of morpholine rings is 1. The van der Waals surface area contributed by atoms with E-state index in [4.69, 9.17) is 14.6 Å². The van der Waals surface area contributed by atoms with Crippen LogP contribution in [0.4, 0.5) is 0 Å². The van der Waals surface area contributed by atoms with Crippen LogP contribution in [-0.2, 0) is 14.3 Å². The van der Waals surface area contributed by atoms with Crippen molar-refractivity contribution in [2.24, 2.45) is 0 Å². The minimum Gasteiger partial charge on any atom is -0.394 e. The SMILES string of the molecule is CC(NCCOCCO)C(=O)N1CCOCC1. The molecule has 100 valence electrons. The molecule has 1 fully saturated rings. The maximum atomic E-state index is 11.9. The molecule has 1 rings (SSSR count). The molecule has 6 heteroatoms. The van der Waals surface area contributed by atoms with Gasteiger partial charge in [-0.15, -0.1) is 0 Å². The minimum atomic E-state index is -0.203. The van der Waals surface area contributed by atoms with Gasteiger partial charge in [0.05, 0.1) is 39.1 Å². The van der Waals surface area contributed by atoms with Crippen LogP contribution in [-0.4, -0.2) is 74.6 Å². The Morgan fingerprint density at radius 3 is 2.82 bits per heavy atom. The van der Waals surface area contributed by atoms with E-state index in [-0.39, 0.29) is 18.6 Å². The molecule has 0 aromatic rings. The van der Waals surface area contributed by atoms with Crippen LogP contribution in [0.2, 0.25) is 0 Å². The van der Waals surface area contributed by atoms with Crippen LogP contribution in [0.25, 0.3) is 0 Å². The molecule has 1 amide bonds. The third kappa shape index (κ3) is 5.45. The van der Waals surface area contributed by atoms with Gasteiger partial charge in [0, 0.05) is 19.6 Å². The summed E-state index contributed by atoms with van der Waals surface area (Å²) < 4.78 is 10.3. The topological polar surface area (TPSA) is 71.0 Å². The Morgan fingerprint density at radius 2 is 2.18 bits per heavy atom. The van der Waals surface area contributed by atoms with Gasteiger partial charge in [-0.25, -0.2) is 0 Å². The lowest BCUT2D eigenvalue weighted by Gasteiger charge is -2.29. The number of nitrogens with one attached hydrogen (secondary N) is 1. The molecular formula is C11H22N2O4. The van der Waals surface area contributed by atoms with Crippen LogP contribution in [0.5, 0.6) is 0 Å². The molecule has 1 saturated heterocycles. The first-order valence-electron chi connectivity index (χ1n) is 6.04. The average molecular weight is 246 g/mol. The van der Waals surface area contributed by atoms with Crippen molar-refractivity contribution in [3.8, 4) is 0 Å². The summed E-state index contributed by atoms with van der Waals surface area (Å²) in [6, 6.07) is -0.203. The number of aliphatic hydroxyl groups excluding tert-OH is 1. The molecule has 17 heavy (non-hydrogen) atoms. The third-order valence-corrected chi connectivity index (χ3v) is 2.63. The first-order chi connectivity index (χ1) is 8.25. The highest BCUT2D eigenvalue weighted by Crippen LogP contribution is 2.00. The summed E-state index contributed by atoms with van der Waals surface area (Å²) in [5.74, 6) is 0.107. The zero-order chi connectivity index (χ0) is 12.5. The Balaban J connectivity index is 2.12. The van der Waals surface area contributed by atoms with E-state index in [0.29, 0.717) is 46.1 Å². The smallest absolute Gasteiger partial charge is 0.239 e. The summed E-state index contributed by atoms with van der Waals surface area (Å²) in [5, 5.41) is 11.6. The van der Waals surface area contributed by atoms with E-state index in [2.05, 4.69) is 5.32 Å². The second kappa shape index (κ2) is 8.41. The Kier molecular flexibility index (Phi) is 7.11. The number of aliphatic hydroxyl groups is 1. The van der Waals surface area contributed by atoms with Gasteiger partial charge >= 0.3 is 0 Å². The van der Waals surface area contributed by atoms with Gasteiger partial charge in [-0.05, 0) is 6.92 Å². The summed E-state index contributed by atoms with van der Waals surface area (Å²) in [5.41, 5.74) is 0. The van der Waals surface area contributed by atoms with Gasteiger partial charge in [-0.2, -0.15) is 0 Å². The molecule has 1 atom stereocenters. The fraction of sp³-hybridized carbons (Fsp3) is 0.909. The van der Waals surface area contributed by atoms with Gasteiger partial charge in [0.1, 0.15) is 0 Å². The Morgan fingerprint density at radius 1 is 1.47 bits per heavy atom. The Bertz CT molecular complexity index is 220. The first kappa shape index (κ1) is 14.4. The van der Waals surface area contributed by atoms with Crippen molar-refractivity contribution in [1.29, 1.82) is 0 Å². The lowest BCUT2D eigenvalue weighted by molar-refractivity contribution is -0.137. The van der Waals surface area contributed by atoms with Gasteiger partial charge in [0.25, 0.3) is 0 Å². The molecule has 0 radical (unpaired) electrons. The fourth-order valence-electron chi connectivity index (χ4n) is 1.66. The van der Waals surface area contributed by atoms with Crippen molar-refractivity contribution in [3.63, 3.8) is 0 Å². The predicted molar refractivity (Wildman–Crippen MR) is 62.8 cm³/mol. The van der Waals surface area contributed by atoms with Crippen LogP contribution in [0.1, 0.15) is 6.92 Å². The molecule has 2 N–H and O–H groups in total. The molecule has 0 aromatic carbocycles. The number of rotatable bonds is 7. The summed E-state index contributed by atoms with van der Waals surface area (Å²) in [6.45, 7) is 5.92. The summed E-state index contributed by atoms with van der Waals surface area (Å²) in [4.78, 5) is 13.8. The molecule has 0 aromatic heterocycles. The maximum absolute atomic E-state index is 11.9. The number of carbonyl (C=O) groups excluding carboxylic acids is 1. The summed E-state index contributed by atoms with van der Waals surface area (Å²) in [7, 11) is 0. The largest absolute Gasteiger partial charge is 0.394 e. The number of hydrogen-bond donors (Lipinski definition) is 2. The van der Waals surface area contributed by atoms with E-state index in [1.807, 2.05) is 11.8 Å². The van der Waals surface area contributed by atoms with E-state index in [9.17, 15) is 4.79 Å². The highest BCUT2D eigenvalue weighted by Gasteiger charge is 2.21. The summed E-state index contributed by atoms with van der Waals surface area (Å²) in [6.07, 6.45) is 0. The lowest BCUT2D eigenvalue weighted by Crippen LogP contribution is -2.49. The van der Waals surface area contributed by atoms with Gasteiger partial charge in [0.2, 0.25) is 5.91 Å². The quantitative estimate of drug-likeness (QED) is 0.554. The van der Waals surface area contributed by atoms with E-state index < -0.39 is 0 Å². The van der Waals surface area contributed by atoms with Gasteiger partial charge < -0.3 is 24.8 Å². The number of carbonyl (C=O) groups is 1. The second-order valence-electron chi connectivity index (χ2n) is 3.95. The fourth-order valence-corrected chi connectivity index (χ4v) is 1.66. The monoisotopic (exact) mass is 246 g/mol. The van der Waals surface area contributed by atoms with Crippen molar-refractivity contribution >= 4 is 5.91 Å². The zero-order valence-electron chi connectivity index (χ0n) is 10.4. The molecule has 1 aliphatic rings. The van der Waals surface area contributed by atoms with Crippen LogP contribution >= 0.6 is 0 Å². The predicted octanol–water partition coefficient (Wildman–Crippen LogP) is -1.17. The molecular weight excluding hydrogens is 224 g/mol. The first-order valence-corrected chi connectivity index (χ1v) is 6.04. The molecule has 1 aliphatic heterocycles. The molecule has 0 bridgehead atoms. The Hall–Kier alpha value is -0.690. The number of amides is 1. The molecule has 0 spiro atoms. The number of hydrogen-bond acceptors (Lipinski definition) is 5. The average Bonchev–Trinajstić information content (AvgIpc) is 2.38. The highest BCUT2D eigenvalue weighted by molar-refractivity contribution is 5.81. The molecule has 1 unspecified atom stereocenters. The van der Waals surface area contributed by atoms with Crippen molar-refractivity contribution < 1.29 is 19.4 Å². The highest BCUT2D eigenvalue weighted by atomic mass is 16.5. The lowest BCUT2D eigenvalue weighted by atomic mass is 10.2. The number of ether oxygens (including phenoxy) is 2. The van der Waals surface area contributed by atoms with Crippen LogP contribution < -0.4 is 5.32 Å². The van der Waals surface area contributed by atoms with Crippen molar-refractivity contribution in [2.75, 3.05) is 52.7 Å². The Labute approximate surface area is 102 Å². The standard InChI is InChI=1S/C11H22N2O4/c1-10(12-2-6-16-9-5-14)11(15)13-3-7-17-8-4-13/h10,12,14H,2-9H2,1H3. The van der Waals surface area contributed by atoms with Gasteiger partial charge in [0.15, 0.2) is 0 Å². The molecule has 0 aliphatic carbocycles. The van der Waals surface area contributed by atoms with Gasteiger partial charge in [-0.1, -0.05) is 0 Å². The molecule has 6 nitrogen and oxygen atoms in total. The van der Waals surface area contributed by atoms with E-state index >= 15 is 0 Å². The minimum absolute atomic E-state index is 0.0300. The van der Waals surface area contributed by atoms with Crippen molar-refractivity contribution in [2.45, 2.75) is 13.0 Å². The zero-order valence-corrected chi connectivity index (χ0v) is 10.4. The van der Waals surface area contributed by atoms with Crippen LogP contribution in [0.15, 0.2) is 0 Å². The second-order valence-corrected chi connectivity index (χ2v) is 3.95. The van der Waals surface area contributed by atoms with E-state index in [0.717, 1.165) is 0 Å². The third-order valence-electron chi connectivity index (χ3n) is 2.63. The van der Waals surface area contributed by atoms with Crippen LogP contribution in [0.3, 0.4) is 0 Å². The normalized spacial score (nSPS) is 18.1. The van der Waals surface area contributed by atoms with Crippen molar-refractivity contribution in [3.05, 3.63) is 0 Å². The van der Waals surface area contributed by atoms with E-state index in [1.165, 1.54) is 0 Å². The molecule has 1 heterocycles. The van der Waals surface area contributed by atoms with Crippen molar-refractivity contribution in [1.82, 2.24) is 10.2 Å². The van der Waals surface area contributed by atoms with E-state index in [1.54, 1.807) is 0 Å². The van der Waals surface area contributed by atoms with Crippen LogP contribution in [0, 0.1) is 0 Å². The van der Waals surface area contributed by atoms with Gasteiger partial charge in [-0.3, -0.25) is 4.79 Å².